The highest BCUT2D eigenvalue weighted by atomic mass is 32.2. The molecule has 0 unspecified atom stereocenters. The smallest absolute Gasteiger partial charge is 0.270 e. The number of thioether (sulfide) groups is 1. The van der Waals surface area contributed by atoms with Crippen LogP contribution in [0.25, 0.3) is 11.3 Å². The van der Waals surface area contributed by atoms with Gasteiger partial charge in [-0.1, -0.05) is 59.3 Å². The number of H-pyrrole nitrogens is 1. The second kappa shape index (κ2) is 8.56. The lowest BCUT2D eigenvalue weighted by Gasteiger charge is -2.08. The third-order valence-electron chi connectivity index (χ3n) is 3.95. The third kappa shape index (κ3) is 4.78. The van der Waals surface area contributed by atoms with Crippen LogP contribution in [0.15, 0.2) is 58.5 Å². The van der Waals surface area contributed by atoms with E-state index in [1.54, 1.807) is 0 Å². The highest BCUT2D eigenvalue weighted by Gasteiger charge is 2.13. The molecule has 0 saturated carbocycles. The second-order valence-electron chi connectivity index (χ2n) is 6.08. The van der Waals surface area contributed by atoms with Crippen molar-refractivity contribution in [1.29, 1.82) is 5.26 Å². The van der Waals surface area contributed by atoms with Gasteiger partial charge in [0.25, 0.3) is 5.56 Å². The molecule has 136 valence electrons. The molecule has 27 heavy (non-hydrogen) atoms. The van der Waals surface area contributed by atoms with Crippen molar-refractivity contribution in [2.75, 3.05) is 12.4 Å². The van der Waals surface area contributed by atoms with Crippen LogP contribution in [-0.2, 0) is 0 Å². The van der Waals surface area contributed by atoms with Crippen LogP contribution in [0.4, 0.5) is 0 Å². The SMILES string of the molecule is Cc1ccc(OCCSc2nc(-c3ccc(C)cc3)c(C#N)c(=O)[nH]2)cc1. The topological polar surface area (TPSA) is 78.8 Å². The van der Waals surface area contributed by atoms with Crippen LogP contribution >= 0.6 is 11.8 Å². The van der Waals surface area contributed by atoms with Gasteiger partial charge in [-0.3, -0.25) is 4.79 Å². The lowest BCUT2D eigenvalue weighted by atomic mass is 10.1. The summed E-state index contributed by atoms with van der Waals surface area (Å²) in [5, 5.41) is 9.80. The summed E-state index contributed by atoms with van der Waals surface area (Å²) < 4.78 is 5.69. The van der Waals surface area contributed by atoms with E-state index in [1.807, 2.05) is 68.4 Å². The Bertz CT molecular complexity index is 1020. The molecular formula is C21H19N3O2S. The maximum atomic E-state index is 12.3. The van der Waals surface area contributed by atoms with E-state index in [-0.39, 0.29) is 5.56 Å². The normalized spacial score (nSPS) is 10.4. The summed E-state index contributed by atoms with van der Waals surface area (Å²) in [4.78, 5) is 19.4. The van der Waals surface area contributed by atoms with Crippen LogP contribution in [-0.4, -0.2) is 22.3 Å². The van der Waals surface area contributed by atoms with Gasteiger partial charge in [0.15, 0.2) is 5.16 Å². The lowest BCUT2D eigenvalue weighted by Crippen LogP contribution is -2.15. The van der Waals surface area contributed by atoms with E-state index in [0.29, 0.717) is 23.2 Å². The predicted molar refractivity (Wildman–Crippen MR) is 107 cm³/mol. The quantitative estimate of drug-likeness (QED) is 0.397. The minimum absolute atomic E-state index is 0.0270. The average molecular weight is 377 g/mol. The summed E-state index contributed by atoms with van der Waals surface area (Å²) in [6.07, 6.45) is 0. The molecular weight excluding hydrogens is 358 g/mol. The Morgan fingerprint density at radius 2 is 1.70 bits per heavy atom. The predicted octanol–water partition coefficient (Wildman–Crippen LogP) is 4.10. The molecule has 0 aliphatic carbocycles. The summed E-state index contributed by atoms with van der Waals surface area (Å²) in [7, 11) is 0. The van der Waals surface area contributed by atoms with Crippen LogP contribution in [0.1, 0.15) is 16.7 Å². The molecule has 0 saturated heterocycles. The fourth-order valence-corrected chi connectivity index (χ4v) is 3.16. The van der Waals surface area contributed by atoms with Crippen molar-refractivity contribution in [3.05, 3.63) is 75.6 Å². The van der Waals surface area contributed by atoms with E-state index in [2.05, 4.69) is 9.97 Å². The number of rotatable bonds is 6. The molecule has 1 aromatic heterocycles. The van der Waals surface area contributed by atoms with E-state index in [4.69, 9.17) is 4.74 Å². The lowest BCUT2D eigenvalue weighted by molar-refractivity contribution is 0.344. The average Bonchev–Trinajstić information content (AvgIpc) is 2.67. The molecule has 5 nitrogen and oxygen atoms in total. The number of nitrogens with zero attached hydrogens (tertiary/aromatic N) is 2. The van der Waals surface area contributed by atoms with Crippen molar-refractivity contribution in [3.8, 4) is 23.1 Å². The number of ether oxygens (including phenoxy) is 1. The molecule has 3 rings (SSSR count). The first-order valence-electron chi connectivity index (χ1n) is 8.50. The molecule has 1 heterocycles. The molecule has 0 radical (unpaired) electrons. The second-order valence-corrected chi connectivity index (χ2v) is 7.17. The summed E-state index contributed by atoms with van der Waals surface area (Å²) in [5.74, 6) is 1.43. The van der Waals surface area contributed by atoms with E-state index in [1.165, 1.54) is 17.3 Å². The van der Waals surface area contributed by atoms with Crippen LogP contribution in [0.5, 0.6) is 5.75 Å². The highest BCUT2D eigenvalue weighted by Crippen LogP contribution is 2.22. The Balaban J connectivity index is 1.72. The van der Waals surface area contributed by atoms with E-state index < -0.39 is 5.56 Å². The standard InChI is InChI=1S/C21H19N3O2S/c1-14-3-7-16(8-4-14)19-18(13-22)20(25)24-21(23-19)27-12-11-26-17-9-5-15(2)6-10-17/h3-10H,11-12H2,1-2H3,(H,23,24,25). The van der Waals surface area contributed by atoms with Crippen molar-refractivity contribution < 1.29 is 4.74 Å². The van der Waals surface area contributed by atoms with Crippen molar-refractivity contribution in [2.24, 2.45) is 0 Å². The van der Waals surface area contributed by atoms with Gasteiger partial charge in [-0.25, -0.2) is 4.98 Å². The molecule has 0 aliphatic rings. The zero-order chi connectivity index (χ0) is 19.2. The Hall–Kier alpha value is -3.04. The number of hydrogen-bond donors (Lipinski definition) is 1. The van der Waals surface area contributed by atoms with Gasteiger partial charge >= 0.3 is 0 Å². The van der Waals surface area contributed by atoms with Gasteiger partial charge in [0.1, 0.15) is 17.4 Å². The van der Waals surface area contributed by atoms with E-state index in [0.717, 1.165) is 16.9 Å². The van der Waals surface area contributed by atoms with Crippen LogP contribution in [0, 0.1) is 25.2 Å². The maximum Gasteiger partial charge on any atom is 0.270 e. The molecule has 3 aromatic rings. The van der Waals surface area contributed by atoms with Gasteiger partial charge < -0.3 is 9.72 Å². The molecule has 0 amide bonds. The number of aryl methyl sites for hydroxylation is 2. The first-order chi connectivity index (χ1) is 13.1. The van der Waals surface area contributed by atoms with E-state index in [9.17, 15) is 10.1 Å². The Morgan fingerprint density at radius 1 is 1.07 bits per heavy atom. The molecule has 0 bridgehead atoms. The van der Waals surface area contributed by atoms with Gasteiger partial charge in [0.05, 0.1) is 12.3 Å². The zero-order valence-corrected chi connectivity index (χ0v) is 16.0. The van der Waals surface area contributed by atoms with Crippen LogP contribution in [0.2, 0.25) is 0 Å². The number of aromatic amines is 1. The largest absolute Gasteiger partial charge is 0.493 e. The summed E-state index contributed by atoms with van der Waals surface area (Å²) in [5.41, 5.74) is 3.04. The number of nitrogens with one attached hydrogen (secondary N) is 1. The fraction of sp³-hybridized carbons (Fsp3) is 0.190. The van der Waals surface area contributed by atoms with Gasteiger partial charge in [0, 0.05) is 11.3 Å². The van der Waals surface area contributed by atoms with Crippen molar-refractivity contribution in [3.63, 3.8) is 0 Å². The van der Waals surface area contributed by atoms with Gasteiger partial charge in [-0.15, -0.1) is 0 Å². The first-order valence-corrected chi connectivity index (χ1v) is 9.49. The summed E-state index contributed by atoms with van der Waals surface area (Å²) >= 11 is 1.39. The van der Waals surface area contributed by atoms with Crippen LogP contribution in [0.3, 0.4) is 0 Å². The molecule has 0 aliphatic heterocycles. The highest BCUT2D eigenvalue weighted by molar-refractivity contribution is 7.99. The molecule has 2 aromatic carbocycles. The van der Waals surface area contributed by atoms with Gasteiger partial charge in [-0.05, 0) is 26.0 Å². The van der Waals surface area contributed by atoms with Crippen LogP contribution < -0.4 is 10.3 Å². The Kier molecular flexibility index (Phi) is 5.94. The summed E-state index contributed by atoms with van der Waals surface area (Å²) in [6, 6.07) is 17.4. The Morgan fingerprint density at radius 3 is 2.33 bits per heavy atom. The van der Waals surface area contributed by atoms with Gasteiger partial charge in [0.2, 0.25) is 0 Å². The number of benzene rings is 2. The zero-order valence-electron chi connectivity index (χ0n) is 15.2. The van der Waals surface area contributed by atoms with Crippen molar-refractivity contribution in [2.45, 2.75) is 19.0 Å². The van der Waals surface area contributed by atoms with Gasteiger partial charge in [-0.2, -0.15) is 5.26 Å². The molecule has 6 heteroatoms. The maximum absolute atomic E-state index is 12.3. The fourth-order valence-electron chi connectivity index (χ4n) is 2.48. The number of hydrogen-bond acceptors (Lipinski definition) is 5. The minimum atomic E-state index is -0.426. The monoisotopic (exact) mass is 377 g/mol. The first kappa shape index (κ1) is 18.7. The summed E-state index contributed by atoms with van der Waals surface area (Å²) in [6.45, 7) is 4.49. The van der Waals surface area contributed by atoms with Crippen molar-refractivity contribution in [1.82, 2.24) is 9.97 Å². The van der Waals surface area contributed by atoms with E-state index >= 15 is 0 Å². The van der Waals surface area contributed by atoms with Crippen molar-refractivity contribution >= 4 is 11.8 Å². The molecule has 0 fully saturated rings. The molecule has 0 spiro atoms. The third-order valence-corrected chi connectivity index (χ3v) is 4.78. The number of aromatic nitrogens is 2. The minimum Gasteiger partial charge on any atom is -0.493 e. The molecule has 1 N–H and O–H groups in total. The molecule has 0 atom stereocenters. The Labute approximate surface area is 162 Å². The number of nitriles is 1.